The van der Waals surface area contributed by atoms with Gasteiger partial charge in [0.2, 0.25) is 5.91 Å². The minimum absolute atomic E-state index is 0.0835. The summed E-state index contributed by atoms with van der Waals surface area (Å²) in [5.41, 5.74) is 3.54. The summed E-state index contributed by atoms with van der Waals surface area (Å²) in [6.07, 6.45) is 12.6. The number of para-hydroxylation sites is 1. The summed E-state index contributed by atoms with van der Waals surface area (Å²) in [4.78, 5) is 45.3. The number of imide groups is 1. The van der Waals surface area contributed by atoms with Crippen molar-refractivity contribution < 1.29 is 14.4 Å². The lowest BCUT2D eigenvalue weighted by Gasteiger charge is -2.48. The summed E-state index contributed by atoms with van der Waals surface area (Å²) in [6, 6.07) is 27.7. The van der Waals surface area contributed by atoms with Crippen LogP contribution in [-0.2, 0) is 10.2 Å². The minimum atomic E-state index is -0.653. The van der Waals surface area contributed by atoms with Crippen LogP contribution in [0.15, 0.2) is 121 Å². The van der Waals surface area contributed by atoms with E-state index in [0.29, 0.717) is 17.7 Å². The SMILES string of the molecule is C\C=C/C=C\C=C1/NC(=O)C1(c1ccccc1)C1CCN(CCN(CCCCN2C(=O)c3ccccc3C2=O)c2ccccc2)C1. The molecule has 0 aromatic heterocycles. The Morgan fingerprint density at radius 3 is 2.15 bits per heavy atom. The molecule has 2 unspecified atom stereocenters. The standard InChI is InChI=1S/C39H42N4O3/c1-2-3-4-11-22-35-39(38(46)40-35,30-16-7-5-8-17-30)31-23-26-41(29-31)27-28-42(32-18-9-6-10-19-32)24-14-15-25-43-36(44)33-20-12-13-21-34(33)37(43)45/h2-13,16-22,31H,14-15,23-29H2,1H3,(H,40,46)/b3-2-,11-4-,35-22-. The number of rotatable bonds is 13. The number of benzene rings is 3. The van der Waals surface area contributed by atoms with Gasteiger partial charge in [-0.15, -0.1) is 0 Å². The van der Waals surface area contributed by atoms with Crippen LogP contribution in [-0.4, -0.2) is 66.8 Å². The van der Waals surface area contributed by atoms with Crippen LogP contribution in [0.3, 0.4) is 0 Å². The fourth-order valence-corrected chi connectivity index (χ4v) is 7.18. The highest BCUT2D eigenvalue weighted by Gasteiger charge is 2.58. The van der Waals surface area contributed by atoms with E-state index in [2.05, 4.69) is 57.6 Å². The smallest absolute Gasteiger partial charge is 0.261 e. The molecule has 3 amide bonds. The highest BCUT2D eigenvalue weighted by Crippen LogP contribution is 2.48. The normalized spacial score (nSPS) is 22.2. The third kappa shape index (κ3) is 6.07. The van der Waals surface area contributed by atoms with Gasteiger partial charge in [0.05, 0.1) is 11.1 Å². The summed E-state index contributed by atoms with van der Waals surface area (Å²) < 4.78 is 0. The molecule has 46 heavy (non-hydrogen) atoms. The highest BCUT2D eigenvalue weighted by molar-refractivity contribution is 6.21. The van der Waals surface area contributed by atoms with Gasteiger partial charge in [0.25, 0.3) is 11.8 Å². The summed E-state index contributed by atoms with van der Waals surface area (Å²) in [6.45, 7) is 6.76. The zero-order chi connectivity index (χ0) is 31.9. The van der Waals surface area contributed by atoms with Crippen molar-refractivity contribution in [1.82, 2.24) is 15.1 Å². The van der Waals surface area contributed by atoms with Crippen LogP contribution in [0, 0.1) is 5.92 Å². The van der Waals surface area contributed by atoms with Crippen LogP contribution in [0.1, 0.15) is 52.5 Å². The lowest BCUT2D eigenvalue weighted by molar-refractivity contribution is -0.132. The van der Waals surface area contributed by atoms with E-state index in [1.54, 1.807) is 24.3 Å². The molecule has 0 radical (unpaired) electrons. The molecule has 0 spiro atoms. The lowest BCUT2D eigenvalue weighted by Crippen LogP contribution is -2.64. The van der Waals surface area contributed by atoms with Crippen LogP contribution in [0.5, 0.6) is 0 Å². The van der Waals surface area contributed by atoms with E-state index in [4.69, 9.17) is 0 Å². The quantitative estimate of drug-likeness (QED) is 0.111. The number of fused-ring (bicyclic) bond motifs is 1. The molecule has 2 fully saturated rings. The predicted molar refractivity (Wildman–Crippen MR) is 183 cm³/mol. The second kappa shape index (κ2) is 14.1. The summed E-state index contributed by atoms with van der Waals surface area (Å²) >= 11 is 0. The van der Waals surface area contributed by atoms with Crippen molar-refractivity contribution in [3.63, 3.8) is 0 Å². The maximum Gasteiger partial charge on any atom is 0.261 e. The third-order valence-corrected chi connectivity index (χ3v) is 9.57. The molecule has 3 aromatic carbocycles. The Morgan fingerprint density at radius 2 is 1.48 bits per heavy atom. The first-order valence-electron chi connectivity index (χ1n) is 16.4. The maximum atomic E-state index is 13.5. The van der Waals surface area contributed by atoms with E-state index in [9.17, 15) is 14.4 Å². The van der Waals surface area contributed by atoms with E-state index in [1.807, 2.05) is 55.5 Å². The van der Waals surface area contributed by atoms with Crippen LogP contribution in [0.2, 0.25) is 0 Å². The molecule has 1 N–H and O–H groups in total. The van der Waals surface area contributed by atoms with Gasteiger partial charge in [-0.05, 0) is 74.6 Å². The topological polar surface area (TPSA) is 73.0 Å². The molecular formula is C39H42N4O3. The highest BCUT2D eigenvalue weighted by atomic mass is 16.2. The molecule has 6 rings (SSSR count). The number of nitrogens with zero attached hydrogens (tertiary/aromatic N) is 3. The second-order valence-electron chi connectivity index (χ2n) is 12.2. The molecule has 3 heterocycles. The van der Waals surface area contributed by atoms with E-state index < -0.39 is 5.41 Å². The Labute approximate surface area is 271 Å². The van der Waals surface area contributed by atoms with Crippen molar-refractivity contribution in [3.8, 4) is 0 Å². The van der Waals surface area contributed by atoms with Crippen LogP contribution < -0.4 is 10.2 Å². The third-order valence-electron chi connectivity index (χ3n) is 9.57. The molecule has 0 aliphatic carbocycles. The number of carbonyl (C=O) groups excluding carboxylic acids is 3. The number of hydrogen-bond donors (Lipinski definition) is 1. The summed E-state index contributed by atoms with van der Waals surface area (Å²) in [7, 11) is 0. The van der Waals surface area contributed by atoms with Crippen molar-refractivity contribution >= 4 is 23.4 Å². The van der Waals surface area contributed by atoms with Gasteiger partial charge in [-0.1, -0.05) is 85.0 Å². The van der Waals surface area contributed by atoms with E-state index in [0.717, 1.165) is 68.9 Å². The lowest BCUT2D eigenvalue weighted by atomic mass is 9.62. The average molecular weight is 615 g/mol. The Balaban J connectivity index is 1.09. The monoisotopic (exact) mass is 614 g/mol. The molecule has 3 aliphatic heterocycles. The van der Waals surface area contributed by atoms with Crippen molar-refractivity contribution in [3.05, 3.63) is 138 Å². The predicted octanol–water partition coefficient (Wildman–Crippen LogP) is 5.98. The van der Waals surface area contributed by atoms with Crippen molar-refractivity contribution in [2.45, 2.75) is 31.6 Å². The average Bonchev–Trinajstić information content (AvgIpc) is 3.65. The molecule has 0 saturated carbocycles. The van der Waals surface area contributed by atoms with Gasteiger partial charge in [-0.25, -0.2) is 0 Å². The molecule has 3 aliphatic rings. The number of amides is 3. The van der Waals surface area contributed by atoms with Crippen molar-refractivity contribution in [2.75, 3.05) is 44.2 Å². The molecule has 3 aromatic rings. The molecule has 236 valence electrons. The van der Waals surface area contributed by atoms with Gasteiger partial charge in [0.15, 0.2) is 0 Å². The fourth-order valence-electron chi connectivity index (χ4n) is 7.18. The van der Waals surface area contributed by atoms with Gasteiger partial charge < -0.3 is 15.1 Å². The summed E-state index contributed by atoms with van der Waals surface area (Å²) in [5.74, 6) is -0.122. The number of carbonyl (C=O) groups is 3. The van der Waals surface area contributed by atoms with E-state index >= 15 is 0 Å². The first kappa shape index (κ1) is 31.2. The number of hydrogen-bond acceptors (Lipinski definition) is 5. The molecule has 2 atom stereocenters. The number of anilines is 1. The van der Waals surface area contributed by atoms with Gasteiger partial charge >= 0.3 is 0 Å². The molecular weight excluding hydrogens is 572 g/mol. The largest absolute Gasteiger partial charge is 0.370 e. The van der Waals surface area contributed by atoms with E-state index in [-0.39, 0.29) is 23.6 Å². The Morgan fingerprint density at radius 1 is 0.804 bits per heavy atom. The zero-order valence-electron chi connectivity index (χ0n) is 26.5. The number of nitrogens with one attached hydrogen (secondary N) is 1. The van der Waals surface area contributed by atoms with Crippen LogP contribution >= 0.6 is 0 Å². The first-order chi connectivity index (χ1) is 22.5. The zero-order valence-corrected chi connectivity index (χ0v) is 26.5. The Kier molecular flexibility index (Phi) is 9.60. The van der Waals surface area contributed by atoms with Gasteiger partial charge in [0.1, 0.15) is 5.41 Å². The number of unbranched alkanes of at least 4 members (excludes halogenated alkanes) is 1. The number of likely N-dealkylation sites (tertiary alicyclic amines) is 1. The number of β-lactam (4-membered cyclic amide) rings is 1. The molecule has 0 bridgehead atoms. The molecule has 7 heteroatoms. The van der Waals surface area contributed by atoms with E-state index in [1.165, 1.54) is 4.90 Å². The Hall–Kier alpha value is -4.75. The van der Waals surface area contributed by atoms with Crippen LogP contribution in [0.4, 0.5) is 5.69 Å². The van der Waals surface area contributed by atoms with Crippen molar-refractivity contribution in [1.29, 1.82) is 0 Å². The first-order valence-corrected chi connectivity index (χ1v) is 16.4. The van der Waals surface area contributed by atoms with Crippen LogP contribution in [0.25, 0.3) is 0 Å². The maximum absolute atomic E-state index is 13.5. The van der Waals surface area contributed by atoms with Gasteiger partial charge in [-0.2, -0.15) is 0 Å². The molecule has 7 nitrogen and oxygen atoms in total. The molecule has 2 saturated heterocycles. The minimum Gasteiger partial charge on any atom is -0.370 e. The second-order valence-corrected chi connectivity index (χ2v) is 12.2. The fraction of sp³-hybridized carbons (Fsp3) is 0.308. The Bertz CT molecular complexity index is 1610. The van der Waals surface area contributed by atoms with Gasteiger partial charge in [0, 0.05) is 44.1 Å². The summed E-state index contributed by atoms with van der Waals surface area (Å²) in [5, 5.41) is 3.11. The van der Waals surface area contributed by atoms with Gasteiger partial charge in [-0.3, -0.25) is 19.3 Å². The number of allylic oxidation sites excluding steroid dienone is 5. The van der Waals surface area contributed by atoms with Crippen molar-refractivity contribution in [2.24, 2.45) is 5.92 Å².